The summed E-state index contributed by atoms with van der Waals surface area (Å²) in [5, 5.41) is 4.67. The first-order valence-corrected chi connectivity index (χ1v) is 18.9. The fourth-order valence-electron chi connectivity index (χ4n) is 4.86. The van der Waals surface area contributed by atoms with Gasteiger partial charge in [0.15, 0.2) is 12.7 Å². The highest BCUT2D eigenvalue weighted by Crippen LogP contribution is 2.41. The standard InChI is InChI=1S/C33H55N2O7PS/c1-3-4-5-6-7-8-9-10-11-12-13-14-15-16-17-20-23-34-33(36)40-27-31(39-2)28-41-43(37,38)42-32-22-19-18-21-30(32)26-35-24-25-44-29-35/h18-19,21-22,24-25,29,31H,3-17,20,23,26-28H2,1-2H3,(H-,34,36,37,38). The second-order valence-corrected chi connectivity index (χ2v) is 13.4. The molecule has 0 spiro atoms. The molecule has 0 aliphatic carbocycles. The lowest BCUT2D eigenvalue weighted by atomic mass is 10.0. The number of unbranched alkanes of at least 4 members (excludes halogenated alkanes) is 15. The van der Waals surface area contributed by atoms with E-state index >= 15 is 0 Å². The van der Waals surface area contributed by atoms with Gasteiger partial charge in [0.25, 0.3) is 0 Å². The van der Waals surface area contributed by atoms with E-state index in [1.54, 1.807) is 18.2 Å². The molecule has 0 aliphatic heterocycles. The number of amides is 1. The maximum absolute atomic E-state index is 12.5. The average molecular weight is 655 g/mol. The van der Waals surface area contributed by atoms with E-state index in [9.17, 15) is 14.3 Å². The van der Waals surface area contributed by atoms with E-state index in [0.29, 0.717) is 18.7 Å². The van der Waals surface area contributed by atoms with Crippen LogP contribution in [0.15, 0.2) is 41.4 Å². The van der Waals surface area contributed by atoms with Gasteiger partial charge in [-0.1, -0.05) is 127 Å². The number of ether oxygens (including phenoxy) is 2. The second kappa shape index (κ2) is 24.3. The summed E-state index contributed by atoms with van der Waals surface area (Å²) in [6.45, 7) is 2.78. The Morgan fingerprint density at radius 1 is 0.909 bits per heavy atom. The van der Waals surface area contributed by atoms with Crippen molar-refractivity contribution in [2.45, 2.75) is 122 Å². The van der Waals surface area contributed by atoms with Gasteiger partial charge in [0.05, 0.1) is 17.6 Å². The minimum atomic E-state index is -4.69. The summed E-state index contributed by atoms with van der Waals surface area (Å²) < 4.78 is 35.1. The van der Waals surface area contributed by atoms with E-state index in [4.69, 9.17) is 18.5 Å². The Labute approximate surface area is 269 Å². The predicted molar refractivity (Wildman–Crippen MR) is 174 cm³/mol. The molecule has 1 heterocycles. The lowest BCUT2D eigenvalue weighted by Gasteiger charge is -2.26. The lowest BCUT2D eigenvalue weighted by Crippen LogP contribution is -2.32. The quantitative estimate of drug-likeness (QED) is 0.0591. The van der Waals surface area contributed by atoms with Crippen LogP contribution in [-0.2, 0) is 25.1 Å². The monoisotopic (exact) mass is 654 g/mol. The molecule has 11 heteroatoms. The molecule has 2 rings (SSSR count). The third kappa shape index (κ3) is 18.7. The third-order valence-corrected chi connectivity index (χ3v) is 9.07. The third-order valence-electron chi connectivity index (χ3n) is 7.51. The van der Waals surface area contributed by atoms with Gasteiger partial charge in [0.1, 0.15) is 18.5 Å². The number of rotatable bonds is 27. The number of carbonyl (C=O) groups is 1. The highest BCUT2D eigenvalue weighted by molar-refractivity contribution is 7.46. The van der Waals surface area contributed by atoms with Gasteiger partial charge in [-0.3, -0.25) is 4.57 Å². The normalized spacial score (nSPS) is 13.3. The molecule has 9 nitrogen and oxygen atoms in total. The minimum Gasteiger partial charge on any atom is -0.746 e. The van der Waals surface area contributed by atoms with Gasteiger partial charge in [-0.25, -0.2) is 4.79 Å². The molecule has 0 radical (unpaired) electrons. The van der Waals surface area contributed by atoms with Crippen LogP contribution in [0.2, 0.25) is 0 Å². The van der Waals surface area contributed by atoms with Crippen molar-refractivity contribution >= 4 is 25.3 Å². The van der Waals surface area contributed by atoms with Gasteiger partial charge < -0.3 is 28.7 Å². The molecule has 44 heavy (non-hydrogen) atoms. The molecular formula is C33H55N2O7PS. The van der Waals surface area contributed by atoms with Crippen LogP contribution in [0.5, 0.6) is 5.75 Å². The summed E-state index contributed by atoms with van der Waals surface area (Å²) in [5.41, 5.74) is 2.62. The zero-order valence-corrected chi connectivity index (χ0v) is 28.6. The van der Waals surface area contributed by atoms with Gasteiger partial charge in [0, 0.05) is 13.7 Å². The maximum atomic E-state index is 12.5. The topological polar surface area (TPSA) is 110 Å². The van der Waals surface area contributed by atoms with Crippen molar-refractivity contribution < 1.29 is 37.3 Å². The summed E-state index contributed by atoms with van der Waals surface area (Å²) in [4.78, 5) is 24.6. The van der Waals surface area contributed by atoms with Crippen LogP contribution in [0, 0.1) is 0 Å². The van der Waals surface area contributed by atoms with Crippen LogP contribution >= 0.6 is 19.2 Å². The van der Waals surface area contributed by atoms with Crippen molar-refractivity contribution in [1.82, 2.24) is 5.32 Å². The van der Waals surface area contributed by atoms with Crippen LogP contribution in [0.3, 0.4) is 0 Å². The fraction of sp³-hybridized carbons (Fsp3) is 0.697. The Balaban J connectivity index is 1.47. The molecule has 250 valence electrons. The largest absolute Gasteiger partial charge is 0.746 e. The van der Waals surface area contributed by atoms with E-state index in [1.165, 1.54) is 108 Å². The number of nitrogens with zero attached hydrogens (tertiary/aromatic N) is 1. The molecule has 0 saturated heterocycles. The average Bonchev–Trinajstić information content (AvgIpc) is 3.53. The van der Waals surface area contributed by atoms with E-state index in [2.05, 4.69) is 12.2 Å². The molecule has 0 aliphatic rings. The first kappa shape index (κ1) is 38.2. The fourth-order valence-corrected chi connectivity index (χ4v) is 6.28. The number of carbonyl (C=O) groups excluding carboxylic acids is 1. The Kier molecular flexibility index (Phi) is 21.1. The van der Waals surface area contributed by atoms with Crippen molar-refractivity contribution in [2.75, 3.05) is 26.9 Å². The number of aromatic nitrogens is 1. The molecule has 2 unspecified atom stereocenters. The summed E-state index contributed by atoms with van der Waals surface area (Å²) >= 11 is 1.54. The number of thiazole rings is 1. The Hall–Kier alpha value is -1.97. The predicted octanol–water partition coefficient (Wildman–Crippen LogP) is 7.95. The molecule has 2 aromatic rings. The SMILES string of the molecule is CCCCCCCCCCCCCCCCCCNC(=O)OCC(COP(=O)([O-])Oc1ccccc1C[n+]1ccsc1)OC. The number of phosphoric ester groups is 1. The lowest BCUT2D eigenvalue weighted by molar-refractivity contribution is -0.683. The van der Waals surface area contributed by atoms with E-state index in [-0.39, 0.29) is 19.0 Å². The number of phosphoric acid groups is 1. The summed E-state index contributed by atoms with van der Waals surface area (Å²) in [6, 6.07) is 6.89. The van der Waals surface area contributed by atoms with Gasteiger partial charge in [0.2, 0.25) is 5.51 Å². The second-order valence-electron chi connectivity index (χ2n) is 11.3. The highest BCUT2D eigenvalue weighted by atomic mass is 32.1. The molecular weight excluding hydrogens is 599 g/mol. The minimum absolute atomic E-state index is 0.146. The van der Waals surface area contributed by atoms with Crippen molar-refractivity contribution in [2.24, 2.45) is 0 Å². The van der Waals surface area contributed by atoms with Crippen molar-refractivity contribution in [3.05, 3.63) is 46.9 Å². The first-order chi connectivity index (χ1) is 21.4. The number of nitrogens with one attached hydrogen (secondary N) is 1. The molecule has 1 aromatic heterocycles. The molecule has 2 atom stereocenters. The number of hydrogen-bond acceptors (Lipinski definition) is 8. The van der Waals surface area contributed by atoms with E-state index in [1.807, 2.05) is 27.7 Å². The molecule has 0 bridgehead atoms. The molecule has 0 saturated carbocycles. The van der Waals surface area contributed by atoms with Gasteiger partial charge in [-0.15, -0.1) is 0 Å². The maximum Gasteiger partial charge on any atom is 0.407 e. The molecule has 1 aromatic carbocycles. The molecule has 1 N–H and O–H groups in total. The summed E-state index contributed by atoms with van der Waals surface area (Å²) in [7, 11) is -3.29. The Morgan fingerprint density at radius 2 is 1.50 bits per heavy atom. The van der Waals surface area contributed by atoms with Crippen molar-refractivity contribution in [3.8, 4) is 5.75 Å². The van der Waals surface area contributed by atoms with Crippen molar-refractivity contribution in [3.63, 3.8) is 0 Å². The van der Waals surface area contributed by atoms with Crippen LogP contribution < -0.4 is 19.3 Å². The number of benzene rings is 1. The van der Waals surface area contributed by atoms with E-state index < -0.39 is 20.0 Å². The smallest absolute Gasteiger partial charge is 0.407 e. The van der Waals surface area contributed by atoms with E-state index in [0.717, 1.165) is 12.8 Å². The van der Waals surface area contributed by atoms with Crippen LogP contribution in [-0.4, -0.2) is 39.1 Å². The van der Waals surface area contributed by atoms with Crippen molar-refractivity contribution in [1.29, 1.82) is 0 Å². The number of hydrogen-bond donors (Lipinski definition) is 1. The summed E-state index contributed by atoms with van der Waals surface area (Å²) in [5.74, 6) is 0.197. The van der Waals surface area contributed by atoms with Gasteiger partial charge in [-0.05, 0) is 18.6 Å². The number of para-hydroxylation sites is 1. The number of alkyl carbamates (subject to hydrolysis) is 1. The van der Waals surface area contributed by atoms with Gasteiger partial charge in [-0.2, -0.15) is 4.57 Å². The summed E-state index contributed by atoms with van der Waals surface area (Å²) in [6.07, 6.45) is 21.4. The zero-order valence-electron chi connectivity index (χ0n) is 26.9. The molecule has 0 fully saturated rings. The van der Waals surface area contributed by atoms with Crippen LogP contribution in [0.4, 0.5) is 4.79 Å². The highest BCUT2D eigenvalue weighted by Gasteiger charge is 2.20. The zero-order chi connectivity index (χ0) is 31.7. The first-order valence-electron chi connectivity index (χ1n) is 16.5. The van der Waals surface area contributed by atoms with Crippen LogP contribution in [0.25, 0.3) is 0 Å². The molecule has 1 amide bonds. The Morgan fingerprint density at radius 3 is 2.07 bits per heavy atom. The van der Waals surface area contributed by atoms with Crippen LogP contribution in [0.1, 0.15) is 115 Å². The van der Waals surface area contributed by atoms with Gasteiger partial charge >= 0.3 is 13.9 Å². The Bertz CT molecular complexity index is 1040. The number of methoxy groups -OCH3 is 1.